The number of hydrogen-bond acceptors (Lipinski definition) is 3. The van der Waals surface area contributed by atoms with Gasteiger partial charge in [0.1, 0.15) is 12.4 Å². The SMILES string of the molecule is CC(C)CN(CC(C)C)C(=O)Cn1c(C(C)NC(=O)Cc2ccc(-c3ccccc3)cc2)nc2ccccc21. The summed E-state index contributed by atoms with van der Waals surface area (Å²) in [7, 11) is 0. The third-order valence-corrected chi connectivity index (χ3v) is 6.69. The molecule has 0 saturated heterocycles. The average Bonchev–Trinajstić information content (AvgIpc) is 3.27. The largest absolute Gasteiger partial charge is 0.346 e. The van der Waals surface area contributed by atoms with Crippen molar-refractivity contribution in [1.82, 2.24) is 19.8 Å². The van der Waals surface area contributed by atoms with Crippen molar-refractivity contribution in [3.63, 3.8) is 0 Å². The van der Waals surface area contributed by atoms with E-state index >= 15 is 0 Å². The Morgan fingerprint density at radius 3 is 2.03 bits per heavy atom. The first-order valence-electron chi connectivity index (χ1n) is 13.9. The maximum absolute atomic E-state index is 13.5. The van der Waals surface area contributed by atoms with Crippen LogP contribution >= 0.6 is 0 Å². The van der Waals surface area contributed by atoms with Crippen LogP contribution in [0.25, 0.3) is 22.2 Å². The van der Waals surface area contributed by atoms with Crippen molar-refractivity contribution in [1.29, 1.82) is 0 Å². The highest BCUT2D eigenvalue weighted by atomic mass is 16.2. The Morgan fingerprint density at radius 2 is 1.38 bits per heavy atom. The topological polar surface area (TPSA) is 67.2 Å². The van der Waals surface area contributed by atoms with Crippen molar-refractivity contribution in [2.75, 3.05) is 13.1 Å². The van der Waals surface area contributed by atoms with Crippen molar-refractivity contribution in [2.45, 2.75) is 53.6 Å². The van der Waals surface area contributed by atoms with E-state index in [2.05, 4.69) is 45.1 Å². The number of fused-ring (bicyclic) bond motifs is 1. The lowest BCUT2D eigenvalue weighted by molar-refractivity contribution is -0.132. The lowest BCUT2D eigenvalue weighted by Gasteiger charge is -2.27. The molecule has 4 aromatic rings. The number of amides is 2. The van der Waals surface area contributed by atoms with Crippen LogP contribution in [-0.4, -0.2) is 39.4 Å². The normalized spacial score (nSPS) is 12.2. The average molecular weight is 525 g/mol. The standard InChI is InChI=1S/C33H40N4O2/c1-23(2)20-36(21-24(3)4)32(39)22-37-30-14-10-9-13-29(30)35-33(37)25(5)34-31(38)19-26-15-17-28(18-16-26)27-11-7-6-8-12-27/h6-18,23-25H,19-22H2,1-5H3,(H,34,38). The minimum atomic E-state index is -0.357. The van der Waals surface area contributed by atoms with Crippen LogP contribution in [0, 0.1) is 11.8 Å². The number of para-hydroxylation sites is 2. The molecule has 1 heterocycles. The smallest absolute Gasteiger partial charge is 0.242 e. The molecule has 0 aliphatic carbocycles. The molecule has 0 aliphatic rings. The van der Waals surface area contributed by atoms with E-state index in [9.17, 15) is 9.59 Å². The van der Waals surface area contributed by atoms with E-state index in [0.717, 1.165) is 27.7 Å². The molecule has 0 aliphatic heterocycles. The Hall–Kier alpha value is -3.93. The fourth-order valence-electron chi connectivity index (χ4n) is 4.97. The predicted molar refractivity (Wildman–Crippen MR) is 158 cm³/mol. The zero-order chi connectivity index (χ0) is 27.9. The zero-order valence-corrected chi connectivity index (χ0v) is 23.7. The van der Waals surface area contributed by atoms with Crippen LogP contribution in [0.2, 0.25) is 0 Å². The Balaban J connectivity index is 1.49. The molecular formula is C33H40N4O2. The van der Waals surface area contributed by atoms with E-state index in [-0.39, 0.29) is 30.8 Å². The van der Waals surface area contributed by atoms with Crippen LogP contribution in [0.5, 0.6) is 0 Å². The third kappa shape index (κ3) is 7.34. The number of nitrogens with zero attached hydrogens (tertiary/aromatic N) is 3. The lowest BCUT2D eigenvalue weighted by Crippen LogP contribution is -2.39. The molecule has 0 radical (unpaired) electrons. The van der Waals surface area contributed by atoms with Gasteiger partial charge in [0.15, 0.2) is 0 Å². The summed E-state index contributed by atoms with van der Waals surface area (Å²) in [6, 6.07) is 25.8. The van der Waals surface area contributed by atoms with Gasteiger partial charge in [-0.2, -0.15) is 0 Å². The van der Waals surface area contributed by atoms with Crippen LogP contribution in [-0.2, 0) is 22.6 Å². The van der Waals surface area contributed by atoms with E-state index in [0.29, 0.717) is 30.7 Å². The van der Waals surface area contributed by atoms with E-state index in [1.807, 2.05) is 83.1 Å². The van der Waals surface area contributed by atoms with Crippen molar-refractivity contribution in [3.8, 4) is 11.1 Å². The van der Waals surface area contributed by atoms with Crippen LogP contribution < -0.4 is 5.32 Å². The Morgan fingerprint density at radius 1 is 0.795 bits per heavy atom. The molecule has 0 spiro atoms. The highest BCUT2D eigenvalue weighted by molar-refractivity contribution is 5.82. The summed E-state index contributed by atoms with van der Waals surface area (Å²) in [5.41, 5.74) is 4.93. The molecule has 1 N–H and O–H groups in total. The number of rotatable bonds is 11. The molecule has 0 fully saturated rings. The zero-order valence-electron chi connectivity index (χ0n) is 23.7. The number of carbonyl (C=O) groups excluding carboxylic acids is 2. The fourth-order valence-corrected chi connectivity index (χ4v) is 4.97. The molecular weight excluding hydrogens is 484 g/mol. The fraction of sp³-hybridized carbons (Fsp3) is 0.364. The maximum Gasteiger partial charge on any atom is 0.242 e. The van der Waals surface area contributed by atoms with Crippen molar-refractivity contribution < 1.29 is 9.59 Å². The summed E-state index contributed by atoms with van der Waals surface area (Å²) in [6.07, 6.45) is 0.273. The second-order valence-corrected chi connectivity index (χ2v) is 11.2. The molecule has 0 saturated carbocycles. The lowest BCUT2D eigenvalue weighted by atomic mass is 10.0. The van der Waals surface area contributed by atoms with Crippen molar-refractivity contribution in [2.24, 2.45) is 11.8 Å². The third-order valence-electron chi connectivity index (χ3n) is 6.69. The van der Waals surface area contributed by atoms with Gasteiger partial charge in [-0.15, -0.1) is 0 Å². The van der Waals surface area contributed by atoms with E-state index < -0.39 is 0 Å². The second kappa shape index (κ2) is 12.7. The molecule has 2 amide bonds. The molecule has 4 rings (SSSR count). The van der Waals surface area contributed by atoms with Gasteiger partial charge in [0.2, 0.25) is 11.8 Å². The monoisotopic (exact) mass is 524 g/mol. The summed E-state index contributed by atoms with van der Waals surface area (Å²) in [5, 5.41) is 3.11. The molecule has 1 atom stereocenters. The summed E-state index contributed by atoms with van der Waals surface area (Å²) in [4.78, 5) is 33.3. The Bertz CT molecular complexity index is 1380. The summed E-state index contributed by atoms with van der Waals surface area (Å²) in [6.45, 7) is 12.1. The predicted octanol–water partition coefficient (Wildman–Crippen LogP) is 6.26. The van der Waals surface area contributed by atoms with Gasteiger partial charge in [-0.3, -0.25) is 9.59 Å². The number of benzene rings is 3. The van der Waals surface area contributed by atoms with Gasteiger partial charge in [-0.1, -0.05) is 94.4 Å². The molecule has 6 heteroatoms. The van der Waals surface area contributed by atoms with Crippen LogP contribution in [0.1, 0.15) is 52.0 Å². The van der Waals surface area contributed by atoms with Gasteiger partial charge in [0.05, 0.1) is 23.5 Å². The first-order valence-corrected chi connectivity index (χ1v) is 13.9. The van der Waals surface area contributed by atoms with E-state index in [1.165, 1.54) is 0 Å². The van der Waals surface area contributed by atoms with E-state index in [4.69, 9.17) is 4.98 Å². The molecule has 6 nitrogen and oxygen atoms in total. The minimum Gasteiger partial charge on any atom is -0.346 e. The first kappa shape index (κ1) is 28.1. The van der Waals surface area contributed by atoms with Gasteiger partial charge in [-0.25, -0.2) is 4.98 Å². The summed E-state index contributed by atoms with van der Waals surface area (Å²) < 4.78 is 1.96. The van der Waals surface area contributed by atoms with Gasteiger partial charge in [-0.05, 0) is 47.6 Å². The van der Waals surface area contributed by atoms with Gasteiger partial charge < -0.3 is 14.8 Å². The van der Waals surface area contributed by atoms with Gasteiger partial charge in [0.25, 0.3) is 0 Å². The molecule has 204 valence electrons. The highest BCUT2D eigenvalue weighted by Crippen LogP contribution is 2.23. The van der Waals surface area contributed by atoms with Gasteiger partial charge >= 0.3 is 0 Å². The molecule has 1 unspecified atom stereocenters. The maximum atomic E-state index is 13.5. The van der Waals surface area contributed by atoms with Crippen molar-refractivity contribution in [3.05, 3.63) is 90.3 Å². The van der Waals surface area contributed by atoms with Gasteiger partial charge in [0, 0.05) is 13.1 Å². The highest BCUT2D eigenvalue weighted by Gasteiger charge is 2.23. The molecule has 1 aromatic heterocycles. The Kier molecular flexibility index (Phi) is 9.18. The van der Waals surface area contributed by atoms with Crippen molar-refractivity contribution >= 4 is 22.8 Å². The molecule has 3 aromatic carbocycles. The summed E-state index contributed by atoms with van der Waals surface area (Å²) >= 11 is 0. The number of carbonyl (C=O) groups is 2. The minimum absolute atomic E-state index is 0.0684. The second-order valence-electron chi connectivity index (χ2n) is 11.2. The van der Waals surface area contributed by atoms with Crippen LogP contribution in [0.15, 0.2) is 78.9 Å². The van der Waals surface area contributed by atoms with E-state index in [1.54, 1.807) is 0 Å². The first-order chi connectivity index (χ1) is 18.7. The number of nitrogens with one attached hydrogen (secondary N) is 1. The number of imidazole rings is 1. The number of aromatic nitrogens is 2. The molecule has 0 bridgehead atoms. The van der Waals surface area contributed by atoms with Crippen LogP contribution in [0.3, 0.4) is 0 Å². The Labute approximate surface area is 232 Å². The molecule has 39 heavy (non-hydrogen) atoms. The summed E-state index contributed by atoms with van der Waals surface area (Å²) in [5.74, 6) is 1.43. The number of hydrogen-bond donors (Lipinski definition) is 1. The van der Waals surface area contributed by atoms with Crippen LogP contribution in [0.4, 0.5) is 0 Å². The quantitative estimate of drug-likeness (QED) is 0.252.